The van der Waals surface area contributed by atoms with Crippen LogP contribution in [0.2, 0.25) is 0 Å². The van der Waals surface area contributed by atoms with Crippen LogP contribution in [0.15, 0.2) is 10.8 Å². The third-order valence-corrected chi connectivity index (χ3v) is 3.54. The van der Waals surface area contributed by atoms with Gasteiger partial charge >= 0.3 is 6.09 Å². The van der Waals surface area contributed by atoms with Gasteiger partial charge < -0.3 is 19.9 Å². The van der Waals surface area contributed by atoms with Gasteiger partial charge in [-0.25, -0.2) is 9.78 Å². The lowest BCUT2D eigenvalue weighted by Gasteiger charge is -2.28. The topological polar surface area (TPSA) is 87.3 Å². The number of rotatable bonds is 7. The van der Waals surface area contributed by atoms with E-state index in [-0.39, 0.29) is 11.8 Å². The Morgan fingerprint density at radius 3 is 2.64 bits per heavy atom. The molecule has 0 aliphatic heterocycles. The number of carbonyl (C=O) groups excluding carboxylic acids is 2. The monoisotopic (exact) mass is 374 g/mol. The lowest BCUT2D eigenvalue weighted by Crippen LogP contribution is -2.51. The fourth-order valence-corrected chi connectivity index (χ4v) is 2.36. The van der Waals surface area contributed by atoms with Crippen LogP contribution < -0.4 is 5.32 Å². The van der Waals surface area contributed by atoms with Gasteiger partial charge in [0.25, 0.3) is 0 Å². The van der Waals surface area contributed by atoms with Crippen LogP contribution in [-0.4, -0.2) is 46.6 Å². The zero-order chi connectivity index (χ0) is 16.7. The predicted octanol–water partition coefficient (Wildman–Crippen LogP) is 2.29. The fraction of sp³-hybridized carbons (Fsp3) is 0.643. The van der Waals surface area contributed by atoms with E-state index < -0.39 is 12.1 Å². The van der Waals surface area contributed by atoms with Gasteiger partial charge in [0.1, 0.15) is 16.5 Å². The Bertz CT molecular complexity index is 504. The molecule has 1 aromatic heterocycles. The lowest BCUT2D eigenvalue weighted by molar-refractivity contribution is -0.135. The zero-order valence-corrected chi connectivity index (χ0v) is 14.9. The minimum atomic E-state index is -0.627. The number of hydrogen-bond donors (Lipinski definition) is 2. The van der Waals surface area contributed by atoms with Crippen molar-refractivity contribution >= 4 is 27.9 Å². The van der Waals surface area contributed by atoms with Crippen molar-refractivity contribution in [2.75, 3.05) is 13.7 Å². The van der Waals surface area contributed by atoms with Gasteiger partial charge in [-0.2, -0.15) is 0 Å². The first-order chi connectivity index (χ1) is 10.4. The SMILES string of the molecule is CCCN(Cc1ncc(Br)[nH]1)C(=O)[C@@H](NC(=O)OC)C(C)C. The Balaban J connectivity index is 2.86. The molecular weight excluding hydrogens is 352 g/mol. The molecule has 1 aromatic rings. The zero-order valence-electron chi connectivity index (χ0n) is 13.4. The number of nitrogens with zero attached hydrogens (tertiary/aromatic N) is 2. The largest absolute Gasteiger partial charge is 0.453 e. The summed E-state index contributed by atoms with van der Waals surface area (Å²) >= 11 is 3.30. The molecule has 1 heterocycles. The molecule has 0 radical (unpaired) electrons. The van der Waals surface area contributed by atoms with Crippen molar-refractivity contribution in [1.29, 1.82) is 0 Å². The van der Waals surface area contributed by atoms with Crippen molar-refractivity contribution in [3.05, 3.63) is 16.6 Å². The normalized spacial score (nSPS) is 12.1. The molecule has 22 heavy (non-hydrogen) atoms. The molecule has 124 valence electrons. The third kappa shape index (κ3) is 5.32. The van der Waals surface area contributed by atoms with Gasteiger partial charge in [-0.3, -0.25) is 4.79 Å². The van der Waals surface area contributed by atoms with Crippen LogP contribution in [0.3, 0.4) is 0 Å². The molecule has 0 aliphatic rings. The second kappa shape index (κ2) is 8.77. The summed E-state index contributed by atoms with van der Waals surface area (Å²) in [5, 5.41) is 2.60. The highest BCUT2D eigenvalue weighted by atomic mass is 79.9. The van der Waals surface area contributed by atoms with E-state index in [1.807, 2.05) is 20.8 Å². The van der Waals surface area contributed by atoms with Crippen molar-refractivity contribution < 1.29 is 14.3 Å². The third-order valence-electron chi connectivity index (χ3n) is 3.13. The standard InChI is InChI=1S/C14H23BrN4O3/c1-5-6-19(8-11-16-7-10(15)17-11)13(20)12(9(2)3)18-14(21)22-4/h7,9,12H,5-6,8H2,1-4H3,(H,16,17)(H,18,21)/t12-/m0/s1. The number of nitrogens with one attached hydrogen (secondary N) is 2. The number of hydrogen-bond acceptors (Lipinski definition) is 4. The highest BCUT2D eigenvalue weighted by molar-refractivity contribution is 9.10. The van der Waals surface area contributed by atoms with Crippen molar-refractivity contribution in [3.63, 3.8) is 0 Å². The fourth-order valence-electron chi connectivity index (χ4n) is 2.03. The van der Waals surface area contributed by atoms with Crippen molar-refractivity contribution in [1.82, 2.24) is 20.2 Å². The first-order valence-corrected chi connectivity index (χ1v) is 8.01. The Morgan fingerprint density at radius 2 is 2.18 bits per heavy atom. The van der Waals surface area contributed by atoms with Crippen LogP contribution in [0.5, 0.6) is 0 Å². The molecule has 0 unspecified atom stereocenters. The average Bonchev–Trinajstić information content (AvgIpc) is 2.88. The maximum atomic E-state index is 12.7. The van der Waals surface area contributed by atoms with E-state index in [9.17, 15) is 9.59 Å². The van der Waals surface area contributed by atoms with E-state index in [0.29, 0.717) is 18.9 Å². The first kappa shape index (κ1) is 18.5. The van der Waals surface area contributed by atoms with Gasteiger partial charge in [0, 0.05) is 6.54 Å². The van der Waals surface area contributed by atoms with E-state index >= 15 is 0 Å². The summed E-state index contributed by atoms with van der Waals surface area (Å²) in [7, 11) is 1.28. The molecule has 0 fully saturated rings. The summed E-state index contributed by atoms with van der Waals surface area (Å²) in [4.78, 5) is 33.1. The van der Waals surface area contributed by atoms with Crippen LogP contribution in [-0.2, 0) is 16.1 Å². The van der Waals surface area contributed by atoms with Crippen LogP contribution in [0.4, 0.5) is 4.79 Å². The molecule has 0 saturated heterocycles. The molecule has 0 saturated carbocycles. The Hall–Kier alpha value is -1.57. The first-order valence-electron chi connectivity index (χ1n) is 7.21. The molecule has 0 spiro atoms. The second-order valence-corrected chi connectivity index (χ2v) is 6.15. The van der Waals surface area contributed by atoms with Crippen LogP contribution in [0, 0.1) is 5.92 Å². The van der Waals surface area contributed by atoms with E-state index in [4.69, 9.17) is 0 Å². The lowest BCUT2D eigenvalue weighted by atomic mass is 10.0. The molecule has 0 aromatic carbocycles. The van der Waals surface area contributed by atoms with E-state index in [1.165, 1.54) is 7.11 Å². The molecule has 2 amide bonds. The molecule has 1 atom stereocenters. The van der Waals surface area contributed by atoms with Gasteiger partial charge in [0.05, 0.1) is 19.9 Å². The van der Waals surface area contributed by atoms with Gasteiger partial charge in [-0.05, 0) is 28.3 Å². The number of H-pyrrole nitrogens is 1. The number of alkyl carbamates (subject to hydrolysis) is 1. The van der Waals surface area contributed by atoms with Crippen molar-refractivity contribution in [3.8, 4) is 0 Å². The van der Waals surface area contributed by atoms with Crippen LogP contribution in [0.1, 0.15) is 33.0 Å². The van der Waals surface area contributed by atoms with E-state index in [0.717, 1.165) is 11.0 Å². The molecule has 0 aliphatic carbocycles. The maximum absolute atomic E-state index is 12.7. The van der Waals surface area contributed by atoms with Gasteiger partial charge in [0.2, 0.25) is 5.91 Å². The quantitative estimate of drug-likeness (QED) is 0.766. The minimum Gasteiger partial charge on any atom is -0.453 e. The Kier molecular flexibility index (Phi) is 7.37. The summed E-state index contributed by atoms with van der Waals surface area (Å²) < 4.78 is 5.36. The molecule has 8 heteroatoms. The summed E-state index contributed by atoms with van der Waals surface area (Å²) in [6.07, 6.45) is 1.86. The average molecular weight is 375 g/mol. The molecule has 0 bridgehead atoms. The van der Waals surface area contributed by atoms with Crippen molar-refractivity contribution in [2.45, 2.75) is 39.8 Å². The number of ether oxygens (including phenoxy) is 1. The number of aromatic nitrogens is 2. The minimum absolute atomic E-state index is 0.0470. The number of aromatic amines is 1. The number of methoxy groups -OCH3 is 1. The van der Waals surface area contributed by atoms with Gasteiger partial charge in [0.15, 0.2) is 0 Å². The smallest absolute Gasteiger partial charge is 0.407 e. The number of amides is 2. The predicted molar refractivity (Wildman–Crippen MR) is 86.2 cm³/mol. The van der Waals surface area contributed by atoms with Crippen LogP contribution in [0.25, 0.3) is 0 Å². The molecule has 2 N–H and O–H groups in total. The van der Waals surface area contributed by atoms with Crippen LogP contribution >= 0.6 is 15.9 Å². The van der Waals surface area contributed by atoms with Gasteiger partial charge in [-0.15, -0.1) is 0 Å². The Labute approximate surface area is 138 Å². The number of halogens is 1. The summed E-state index contributed by atoms with van der Waals surface area (Å²) in [6, 6.07) is -0.627. The number of imidazole rings is 1. The molecule has 7 nitrogen and oxygen atoms in total. The Morgan fingerprint density at radius 1 is 1.50 bits per heavy atom. The summed E-state index contributed by atoms with van der Waals surface area (Å²) in [5.74, 6) is 0.498. The van der Waals surface area contributed by atoms with Gasteiger partial charge in [-0.1, -0.05) is 20.8 Å². The second-order valence-electron chi connectivity index (χ2n) is 5.30. The highest BCUT2D eigenvalue weighted by Gasteiger charge is 2.29. The summed E-state index contributed by atoms with van der Waals surface area (Å²) in [5.41, 5.74) is 0. The van der Waals surface area contributed by atoms with E-state index in [2.05, 4.69) is 36.0 Å². The molecule has 1 rings (SSSR count). The number of carbonyl (C=O) groups is 2. The highest BCUT2D eigenvalue weighted by Crippen LogP contribution is 2.12. The molecular formula is C14H23BrN4O3. The van der Waals surface area contributed by atoms with Crippen molar-refractivity contribution in [2.24, 2.45) is 5.92 Å². The van der Waals surface area contributed by atoms with E-state index in [1.54, 1.807) is 11.1 Å². The summed E-state index contributed by atoms with van der Waals surface area (Å²) in [6.45, 7) is 6.71. The maximum Gasteiger partial charge on any atom is 0.407 e.